The van der Waals surface area contributed by atoms with Gasteiger partial charge in [0, 0.05) is 26.7 Å². The van der Waals surface area contributed by atoms with Crippen molar-refractivity contribution in [1.29, 1.82) is 0 Å². The number of guanidine groups is 1. The van der Waals surface area contributed by atoms with E-state index in [0.717, 1.165) is 36.4 Å². The molecule has 1 heterocycles. The van der Waals surface area contributed by atoms with Crippen LogP contribution >= 0.6 is 24.0 Å². The molecule has 2 N–H and O–H groups in total. The molecule has 146 valence electrons. The first-order chi connectivity index (χ1) is 12.2. The normalized spacial score (nSPS) is 22.4. The molecule has 1 aromatic carbocycles. The summed E-state index contributed by atoms with van der Waals surface area (Å²) < 4.78 is 10.5. The first kappa shape index (κ1) is 20.9. The molecule has 26 heavy (non-hydrogen) atoms. The number of halogens is 1. The second kappa shape index (κ2) is 9.53. The van der Waals surface area contributed by atoms with Gasteiger partial charge >= 0.3 is 0 Å². The zero-order valence-corrected chi connectivity index (χ0v) is 18.2. The van der Waals surface area contributed by atoms with Crippen molar-refractivity contribution in [3.63, 3.8) is 0 Å². The number of phenols is 1. The summed E-state index contributed by atoms with van der Waals surface area (Å²) in [6.45, 7) is 2.81. The summed E-state index contributed by atoms with van der Waals surface area (Å²) in [6, 6.07) is 3.64. The third-order valence-electron chi connectivity index (χ3n) is 5.48. The number of benzene rings is 1. The fraction of sp³-hybridized carbons (Fsp3) is 0.632. The Labute approximate surface area is 173 Å². The molecule has 2 atom stereocenters. The summed E-state index contributed by atoms with van der Waals surface area (Å²) in [5.41, 5.74) is 0.976. The molecular weight excluding hydrogens is 445 g/mol. The molecule has 0 aromatic heterocycles. The van der Waals surface area contributed by atoms with Crippen LogP contribution in [-0.2, 0) is 6.54 Å². The van der Waals surface area contributed by atoms with Crippen LogP contribution in [0.3, 0.4) is 0 Å². The van der Waals surface area contributed by atoms with Crippen LogP contribution in [0.4, 0.5) is 0 Å². The molecule has 0 radical (unpaired) electrons. The van der Waals surface area contributed by atoms with E-state index in [1.54, 1.807) is 0 Å². The first-order valence-electron chi connectivity index (χ1n) is 9.05. The number of aromatic hydroxyl groups is 1. The van der Waals surface area contributed by atoms with E-state index in [-0.39, 0.29) is 29.7 Å². The van der Waals surface area contributed by atoms with E-state index < -0.39 is 0 Å². The van der Waals surface area contributed by atoms with Crippen molar-refractivity contribution in [2.24, 2.45) is 16.8 Å². The summed E-state index contributed by atoms with van der Waals surface area (Å²) in [4.78, 5) is 6.85. The molecule has 1 aromatic rings. The Bertz CT molecular complexity index is 599. The van der Waals surface area contributed by atoms with Crippen molar-refractivity contribution in [2.45, 2.75) is 32.2 Å². The zero-order valence-electron chi connectivity index (χ0n) is 15.8. The third kappa shape index (κ3) is 4.47. The fourth-order valence-electron chi connectivity index (χ4n) is 4.14. The first-order valence-corrected chi connectivity index (χ1v) is 9.05. The maximum absolute atomic E-state index is 10.0. The van der Waals surface area contributed by atoms with Gasteiger partial charge in [0.25, 0.3) is 0 Å². The molecule has 0 bridgehead atoms. The van der Waals surface area contributed by atoms with Crippen LogP contribution in [-0.4, -0.2) is 50.3 Å². The summed E-state index contributed by atoms with van der Waals surface area (Å²) in [5.74, 6) is 3.45. The molecule has 2 aliphatic rings. The van der Waals surface area contributed by atoms with Gasteiger partial charge in [0.2, 0.25) is 5.75 Å². The van der Waals surface area contributed by atoms with Crippen molar-refractivity contribution in [3.8, 4) is 17.2 Å². The van der Waals surface area contributed by atoms with Crippen LogP contribution in [0.15, 0.2) is 17.1 Å². The number of aliphatic imine (C=N–C) groups is 1. The smallest absolute Gasteiger partial charge is 0.200 e. The predicted molar refractivity (Wildman–Crippen MR) is 114 cm³/mol. The molecule has 1 aliphatic carbocycles. The van der Waals surface area contributed by atoms with Crippen LogP contribution in [0.25, 0.3) is 0 Å². The number of ether oxygens (including phenoxy) is 2. The lowest BCUT2D eigenvalue weighted by atomic mass is 9.82. The Kier molecular flexibility index (Phi) is 7.67. The molecule has 2 fully saturated rings. The lowest BCUT2D eigenvalue weighted by Gasteiger charge is -2.22. The van der Waals surface area contributed by atoms with E-state index in [9.17, 15) is 5.11 Å². The van der Waals surface area contributed by atoms with Crippen LogP contribution in [0.5, 0.6) is 17.2 Å². The van der Waals surface area contributed by atoms with E-state index in [1.807, 2.05) is 19.2 Å². The number of hydrogen-bond acceptors (Lipinski definition) is 4. The van der Waals surface area contributed by atoms with Gasteiger partial charge in [0.05, 0.1) is 14.2 Å². The predicted octanol–water partition coefficient (Wildman–Crippen LogP) is 3.22. The molecular formula is C19H30IN3O3. The number of likely N-dealkylation sites (tertiary alicyclic amines) is 1. The number of nitrogens with zero attached hydrogens (tertiary/aromatic N) is 2. The van der Waals surface area contributed by atoms with Crippen LogP contribution in [0, 0.1) is 11.8 Å². The maximum atomic E-state index is 10.0. The number of rotatable bonds is 4. The SMILES string of the molecule is CN=C(NCc1cc(OC)c(O)c(OC)c1)N1CC2CCCCC2C1.I. The van der Waals surface area contributed by atoms with Crippen LogP contribution in [0.2, 0.25) is 0 Å². The van der Waals surface area contributed by atoms with E-state index in [4.69, 9.17) is 9.47 Å². The van der Waals surface area contributed by atoms with E-state index in [0.29, 0.717) is 18.0 Å². The molecule has 1 aliphatic heterocycles. The second-order valence-corrected chi connectivity index (χ2v) is 6.96. The van der Waals surface area contributed by atoms with Gasteiger partial charge in [-0.25, -0.2) is 0 Å². The van der Waals surface area contributed by atoms with E-state index in [2.05, 4.69) is 15.2 Å². The number of hydrogen-bond donors (Lipinski definition) is 2. The van der Waals surface area contributed by atoms with Crippen LogP contribution in [0.1, 0.15) is 31.2 Å². The minimum atomic E-state index is 0. The van der Waals surface area contributed by atoms with Gasteiger partial charge in [-0.2, -0.15) is 0 Å². The quantitative estimate of drug-likeness (QED) is 0.398. The summed E-state index contributed by atoms with van der Waals surface area (Å²) in [5, 5.41) is 13.5. The molecule has 7 heteroatoms. The highest BCUT2D eigenvalue weighted by Gasteiger charge is 2.35. The minimum absolute atomic E-state index is 0. The second-order valence-electron chi connectivity index (χ2n) is 6.96. The van der Waals surface area contributed by atoms with Crippen molar-refractivity contribution in [1.82, 2.24) is 10.2 Å². The Morgan fingerprint density at radius 3 is 2.15 bits per heavy atom. The van der Waals surface area contributed by atoms with Crippen LogP contribution < -0.4 is 14.8 Å². The van der Waals surface area contributed by atoms with Gasteiger partial charge in [-0.15, -0.1) is 24.0 Å². The minimum Gasteiger partial charge on any atom is -0.502 e. The number of methoxy groups -OCH3 is 2. The zero-order chi connectivity index (χ0) is 17.8. The highest BCUT2D eigenvalue weighted by Crippen LogP contribution is 2.37. The molecule has 1 saturated heterocycles. The summed E-state index contributed by atoms with van der Waals surface area (Å²) >= 11 is 0. The lowest BCUT2D eigenvalue weighted by molar-refractivity contribution is 0.299. The van der Waals surface area contributed by atoms with Gasteiger partial charge in [-0.1, -0.05) is 12.8 Å². The Balaban J connectivity index is 0.00000243. The fourth-order valence-corrected chi connectivity index (χ4v) is 4.14. The van der Waals surface area contributed by atoms with Crippen molar-refractivity contribution >= 4 is 29.9 Å². The highest BCUT2D eigenvalue weighted by atomic mass is 127. The monoisotopic (exact) mass is 475 g/mol. The largest absolute Gasteiger partial charge is 0.502 e. The number of fused-ring (bicyclic) bond motifs is 1. The van der Waals surface area contributed by atoms with Gasteiger partial charge in [0.1, 0.15) is 0 Å². The molecule has 2 unspecified atom stereocenters. The summed E-state index contributed by atoms with van der Waals surface area (Å²) in [6.07, 6.45) is 5.44. The highest BCUT2D eigenvalue weighted by molar-refractivity contribution is 14.0. The standard InChI is InChI=1S/C19H29N3O3.HI/c1-20-19(22-11-14-6-4-5-7-15(14)12-22)21-10-13-8-16(24-2)18(23)17(9-13)25-3;/h8-9,14-15,23H,4-7,10-12H2,1-3H3,(H,20,21);1H. The average Bonchev–Trinajstić information content (AvgIpc) is 3.07. The van der Waals surface area contributed by atoms with E-state index in [1.165, 1.54) is 39.9 Å². The number of phenolic OH excluding ortho intramolecular Hbond substituents is 1. The Morgan fingerprint density at radius 2 is 1.69 bits per heavy atom. The maximum Gasteiger partial charge on any atom is 0.200 e. The topological polar surface area (TPSA) is 66.3 Å². The van der Waals surface area contributed by atoms with Gasteiger partial charge in [-0.05, 0) is 42.4 Å². The Hall–Kier alpha value is -1.38. The molecule has 0 spiro atoms. The Morgan fingerprint density at radius 1 is 1.15 bits per heavy atom. The average molecular weight is 475 g/mol. The molecule has 6 nitrogen and oxygen atoms in total. The van der Waals surface area contributed by atoms with Gasteiger partial charge in [-0.3, -0.25) is 4.99 Å². The summed E-state index contributed by atoms with van der Waals surface area (Å²) in [7, 11) is 4.91. The van der Waals surface area contributed by atoms with Crippen molar-refractivity contribution < 1.29 is 14.6 Å². The van der Waals surface area contributed by atoms with Gasteiger partial charge in [0.15, 0.2) is 17.5 Å². The number of nitrogens with one attached hydrogen (secondary N) is 1. The van der Waals surface area contributed by atoms with Crippen molar-refractivity contribution in [3.05, 3.63) is 17.7 Å². The molecule has 1 saturated carbocycles. The lowest BCUT2D eigenvalue weighted by Crippen LogP contribution is -2.39. The van der Waals surface area contributed by atoms with E-state index >= 15 is 0 Å². The van der Waals surface area contributed by atoms with Crippen molar-refractivity contribution in [2.75, 3.05) is 34.4 Å². The third-order valence-corrected chi connectivity index (χ3v) is 5.48. The molecule has 0 amide bonds. The molecule has 3 rings (SSSR count). The van der Waals surface area contributed by atoms with Gasteiger partial charge < -0.3 is 24.8 Å².